The van der Waals surface area contributed by atoms with Gasteiger partial charge < -0.3 is 25.1 Å². The minimum atomic E-state index is -0.368. The van der Waals surface area contributed by atoms with E-state index in [1.165, 1.54) is 0 Å². The summed E-state index contributed by atoms with van der Waals surface area (Å²) in [6.07, 6.45) is 8.91. The third-order valence-corrected chi connectivity index (χ3v) is 5.43. The molecule has 0 saturated carbocycles. The van der Waals surface area contributed by atoms with Crippen molar-refractivity contribution in [2.75, 3.05) is 23.1 Å². The first-order chi connectivity index (χ1) is 17.1. The summed E-state index contributed by atoms with van der Waals surface area (Å²) < 4.78 is 7.27. The number of rotatable bonds is 6. The average molecular weight is 466 g/mol. The van der Waals surface area contributed by atoms with Crippen molar-refractivity contribution in [3.63, 3.8) is 0 Å². The number of imidazole rings is 1. The van der Waals surface area contributed by atoms with Gasteiger partial charge in [-0.15, -0.1) is 0 Å². The van der Waals surface area contributed by atoms with E-state index in [1.54, 1.807) is 31.8 Å². The number of nitrogens with zero attached hydrogens (tertiary/aromatic N) is 4. The quantitative estimate of drug-likeness (QED) is 0.306. The fraction of sp³-hybridized carbons (Fsp3) is 0.0769. The van der Waals surface area contributed by atoms with Crippen LogP contribution in [-0.4, -0.2) is 32.5 Å². The number of carbonyl (C=O) groups is 1. The summed E-state index contributed by atoms with van der Waals surface area (Å²) in [6.45, 7) is 1.91. The molecule has 35 heavy (non-hydrogen) atoms. The van der Waals surface area contributed by atoms with Gasteiger partial charge in [-0.1, -0.05) is 24.3 Å². The van der Waals surface area contributed by atoms with E-state index in [4.69, 9.17) is 9.72 Å². The molecule has 2 aromatic carbocycles. The van der Waals surface area contributed by atoms with Crippen LogP contribution in [0.15, 0.2) is 85.6 Å². The molecule has 5 rings (SSSR count). The molecule has 3 heterocycles. The van der Waals surface area contributed by atoms with Gasteiger partial charge in [-0.2, -0.15) is 0 Å². The van der Waals surface area contributed by atoms with Crippen LogP contribution in [0.1, 0.15) is 5.56 Å². The zero-order chi connectivity index (χ0) is 24.2. The molecule has 9 nitrogen and oxygen atoms in total. The SMILES string of the molecule is COc1cccc(C)c1NC(=O)Nc1cccc(-c2cn3ccnc3c(Nc3ccncc3)n2)c1. The number of aromatic nitrogens is 4. The molecule has 0 unspecified atom stereocenters. The highest BCUT2D eigenvalue weighted by molar-refractivity contribution is 6.01. The standard InChI is InChI=1S/C26H23N7O2/c1-17-5-3-8-22(35-2)23(17)32-26(34)30-20-7-4-6-18(15-20)21-16-33-14-13-28-25(33)24(31-21)29-19-9-11-27-12-10-19/h3-16H,1-2H3,(H,27,29,31)(H2,30,32,34). The van der Waals surface area contributed by atoms with Gasteiger partial charge in [-0.05, 0) is 42.8 Å². The highest BCUT2D eigenvalue weighted by Crippen LogP contribution is 2.29. The average Bonchev–Trinajstić information content (AvgIpc) is 3.35. The van der Waals surface area contributed by atoms with Crippen LogP contribution in [0.5, 0.6) is 5.75 Å². The number of urea groups is 1. The molecular weight excluding hydrogens is 442 g/mol. The summed E-state index contributed by atoms with van der Waals surface area (Å²) in [5, 5.41) is 9.07. The Kier molecular flexibility index (Phi) is 5.96. The second-order valence-electron chi connectivity index (χ2n) is 7.81. The number of hydrogen-bond donors (Lipinski definition) is 3. The number of ether oxygens (including phenoxy) is 1. The van der Waals surface area contributed by atoms with Crippen LogP contribution in [-0.2, 0) is 0 Å². The van der Waals surface area contributed by atoms with Gasteiger partial charge in [-0.3, -0.25) is 4.98 Å². The number of benzene rings is 2. The number of pyridine rings is 1. The van der Waals surface area contributed by atoms with E-state index in [2.05, 4.69) is 25.9 Å². The van der Waals surface area contributed by atoms with Crippen LogP contribution < -0.4 is 20.7 Å². The molecule has 0 saturated heterocycles. The van der Waals surface area contributed by atoms with Gasteiger partial charge in [0.15, 0.2) is 11.5 Å². The largest absolute Gasteiger partial charge is 0.495 e. The molecule has 0 bridgehead atoms. The lowest BCUT2D eigenvalue weighted by Crippen LogP contribution is -2.20. The minimum absolute atomic E-state index is 0.368. The Hall–Kier alpha value is -4.92. The molecule has 0 spiro atoms. The Bertz CT molecular complexity index is 1500. The molecule has 0 aliphatic heterocycles. The normalized spacial score (nSPS) is 10.7. The number of aryl methyl sites for hydroxylation is 1. The zero-order valence-electron chi connectivity index (χ0n) is 19.2. The van der Waals surface area contributed by atoms with E-state index >= 15 is 0 Å². The molecule has 0 radical (unpaired) electrons. The summed E-state index contributed by atoms with van der Waals surface area (Å²) >= 11 is 0. The number of methoxy groups -OCH3 is 1. The van der Waals surface area contributed by atoms with Crippen LogP contribution in [0.3, 0.4) is 0 Å². The Morgan fingerprint density at radius 1 is 0.971 bits per heavy atom. The van der Waals surface area contributed by atoms with Gasteiger partial charge in [0.1, 0.15) is 5.75 Å². The van der Waals surface area contributed by atoms with Gasteiger partial charge in [-0.25, -0.2) is 14.8 Å². The number of amides is 2. The topological polar surface area (TPSA) is 105 Å². The molecule has 0 fully saturated rings. The highest BCUT2D eigenvalue weighted by atomic mass is 16.5. The van der Waals surface area contributed by atoms with Crippen LogP contribution in [0.25, 0.3) is 16.9 Å². The molecule has 0 aliphatic rings. The van der Waals surface area contributed by atoms with Crippen molar-refractivity contribution >= 4 is 34.6 Å². The van der Waals surface area contributed by atoms with Crippen molar-refractivity contribution in [1.29, 1.82) is 0 Å². The minimum Gasteiger partial charge on any atom is -0.495 e. The molecule has 2 amide bonds. The van der Waals surface area contributed by atoms with Crippen molar-refractivity contribution in [3.8, 4) is 17.0 Å². The first kappa shape index (κ1) is 21.9. The van der Waals surface area contributed by atoms with Gasteiger partial charge in [0, 0.05) is 47.9 Å². The summed E-state index contributed by atoms with van der Waals surface area (Å²) in [4.78, 5) is 26.0. The monoisotopic (exact) mass is 465 g/mol. The second-order valence-corrected chi connectivity index (χ2v) is 7.81. The maximum absolute atomic E-state index is 12.7. The van der Waals surface area contributed by atoms with Crippen molar-refractivity contribution in [1.82, 2.24) is 19.4 Å². The maximum atomic E-state index is 12.7. The van der Waals surface area contributed by atoms with Crippen LogP contribution in [0.4, 0.5) is 27.7 Å². The smallest absolute Gasteiger partial charge is 0.323 e. The molecule has 9 heteroatoms. The summed E-state index contributed by atoms with van der Waals surface area (Å²) in [6, 6.07) is 16.5. The van der Waals surface area contributed by atoms with Gasteiger partial charge in [0.05, 0.1) is 18.5 Å². The van der Waals surface area contributed by atoms with E-state index in [-0.39, 0.29) is 6.03 Å². The third kappa shape index (κ3) is 4.74. The van der Waals surface area contributed by atoms with Crippen molar-refractivity contribution in [2.45, 2.75) is 6.92 Å². The Morgan fingerprint density at radius 2 is 1.80 bits per heavy atom. The lowest BCUT2D eigenvalue weighted by atomic mass is 10.1. The van der Waals surface area contributed by atoms with Crippen LogP contribution in [0.2, 0.25) is 0 Å². The molecular formula is C26H23N7O2. The van der Waals surface area contributed by atoms with E-state index in [9.17, 15) is 4.79 Å². The molecule has 174 valence electrons. The Balaban J connectivity index is 1.41. The lowest BCUT2D eigenvalue weighted by Gasteiger charge is -2.14. The summed E-state index contributed by atoms with van der Waals surface area (Å²) in [7, 11) is 1.57. The third-order valence-electron chi connectivity index (χ3n) is 5.43. The molecule has 5 aromatic rings. The predicted octanol–water partition coefficient (Wildman–Crippen LogP) is 5.50. The van der Waals surface area contributed by atoms with E-state index in [0.29, 0.717) is 28.6 Å². The number of fused-ring (bicyclic) bond motifs is 1. The van der Waals surface area contributed by atoms with Crippen LogP contribution in [0, 0.1) is 6.92 Å². The molecule has 3 N–H and O–H groups in total. The zero-order valence-corrected chi connectivity index (χ0v) is 19.2. The number of nitrogens with one attached hydrogen (secondary N) is 3. The number of hydrogen-bond acceptors (Lipinski definition) is 6. The Labute approximate surface area is 201 Å². The fourth-order valence-corrected chi connectivity index (χ4v) is 3.73. The van der Waals surface area contributed by atoms with Gasteiger partial charge in [0.2, 0.25) is 0 Å². The Morgan fingerprint density at radius 3 is 2.63 bits per heavy atom. The maximum Gasteiger partial charge on any atom is 0.323 e. The second kappa shape index (κ2) is 9.52. The summed E-state index contributed by atoms with van der Waals surface area (Å²) in [5.74, 6) is 1.21. The summed E-state index contributed by atoms with van der Waals surface area (Å²) in [5.41, 5.74) is 5.27. The first-order valence-corrected chi connectivity index (χ1v) is 10.9. The van der Waals surface area contributed by atoms with E-state index in [1.807, 2.05) is 72.2 Å². The first-order valence-electron chi connectivity index (χ1n) is 10.9. The molecule has 0 aliphatic carbocycles. The predicted molar refractivity (Wildman–Crippen MR) is 136 cm³/mol. The van der Waals surface area contributed by atoms with E-state index in [0.717, 1.165) is 22.5 Å². The molecule has 3 aromatic heterocycles. The van der Waals surface area contributed by atoms with Crippen molar-refractivity contribution < 1.29 is 9.53 Å². The van der Waals surface area contributed by atoms with Gasteiger partial charge in [0.25, 0.3) is 0 Å². The molecule has 0 atom stereocenters. The van der Waals surface area contributed by atoms with Crippen LogP contribution >= 0.6 is 0 Å². The highest BCUT2D eigenvalue weighted by Gasteiger charge is 2.13. The lowest BCUT2D eigenvalue weighted by molar-refractivity contribution is 0.262. The van der Waals surface area contributed by atoms with Gasteiger partial charge >= 0.3 is 6.03 Å². The number of anilines is 4. The fourth-order valence-electron chi connectivity index (χ4n) is 3.73. The number of carbonyl (C=O) groups excluding carboxylic acids is 1. The van der Waals surface area contributed by atoms with Crippen molar-refractivity contribution in [3.05, 3.63) is 91.1 Å². The number of para-hydroxylation sites is 1. The van der Waals surface area contributed by atoms with Crippen molar-refractivity contribution in [2.24, 2.45) is 0 Å². The van der Waals surface area contributed by atoms with E-state index < -0.39 is 0 Å².